The normalized spacial score (nSPS) is 10.8. The number of carboxylic acids is 1. The third-order valence-electron chi connectivity index (χ3n) is 4.36. The Bertz CT molecular complexity index is 850. The highest BCUT2D eigenvalue weighted by Gasteiger charge is 2.11. The van der Waals surface area contributed by atoms with Gasteiger partial charge in [0.25, 0.3) is 0 Å². The van der Waals surface area contributed by atoms with Crippen LogP contribution in [0.5, 0.6) is 0 Å². The summed E-state index contributed by atoms with van der Waals surface area (Å²) in [5.74, 6) is -0.903. The van der Waals surface area contributed by atoms with Crippen LogP contribution in [0.15, 0.2) is 61.1 Å². The summed E-state index contributed by atoms with van der Waals surface area (Å²) in [5, 5.41) is 9.34. The van der Waals surface area contributed by atoms with Gasteiger partial charge in [-0.05, 0) is 29.2 Å². The molecular weight excluding hydrogens is 312 g/mol. The molecule has 2 aromatic carbocycles. The van der Waals surface area contributed by atoms with Gasteiger partial charge in [-0.15, -0.1) is 0 Å². The highest BCUT2D eigenvalue weighted by atomic mass is 16.4. The number of hydrogen-bond acceptors (Lipinski definition) is 2. The third-order valence-corrected chi connectivity index (χ3v) is 4.36. The zero-order chi connectivity index (χ0) is 17.6. The van der Waals surface area contributed by atoms with E-state index in [1.165, 1.54) is 11.3 Å². The fraction of sp³-hybridized carbons (Fsp3) is 0.238. The first-order chi connectivity index (χ1) is 12.2. The quantitative estimate of drug-likeness (QED) is 0.685. The first-order valence-electron chi connectivity index (χ1n) is 8.59. The van der Waals surface area contributed by atoms with E-state index in [2.05, 4.69) is 28.6 Å². The molecule has 0 fully saturated rings. The molecule has 0 radical (unpaired) electrons. The zero-order valence-electron chi connectivity index (χ0n) is 14.4. The molecule has 4 nitrogen and oxygen atoms in total. The smallest absolute Gasteiger partial charge is 0.336 e. The van der Waals surface area contributed by atoms with Crippen LogP contribution in [-0.4, -0.2) is 20.6 Å². The number of imidazole rings is 1. The predicted molar refractivity (Wildman–Crippen MR) is 98.8 cm³/mol. The van der Waals surface area contributed by atoms with Gasteiger partial charge in [0.2, 0.25) is 0 Å². The van der Waals surface area contributed by atoms with Crippen LogP contribution >= 0.6 is 0 Å². The van der Waals surface area contributed by atoms with Gasteiger partial charge >= 0.3 is 5.97 Å². The van der Waals surface area contributed by atoms with E-state index in [4.69, 9.17) is 0 Å². The Morgan fingerprint density at radius 3 is 2.60 bits per heavy atom. The summed E-state index contributed by atoms with van der Waals surface area (Å²) in [6.45, 7) is 3.18. The molecule has 0 amide bonds. The maximum atomic E-state index is 11.4. The monoisotopic (exact) mass is 334 g/mol. The molecule has 3 rings (SSSR count). The Balaban J connectivity index is 1.80. The van der Waals surface area contributed by atoms with E-state index in [0.29, 0.717) is 5.56 Å². The van der Waals surface area contributed by atoms with Gasteiger partial charge < -0.3 is 9.67 Å². The maximum Gasteiger partial charge on any atom is 0.336 e. The van der Waals surface area contributed by atoms with Crippen molar-refractivity contribution in [3.8, 4) is 11.1 Å². The Morgan fingerprint density at radius 2 is 1.88 bits per heavy atom. The highest BCUT2D eigenvalue weighted by molar-refractivity contribution is 5.95. The molecule has 0 spiro atoms. The van der Waals surface area contributed by atoms with Crippen LogP contribution in [0.2, 0.25) is 0 Å². The van der Waals surface area contributed by atoms with Gasteiger partial charge in [-0.25, -0.2) is 9.78 Å². The number of rotatable bonds is 7. The van der Waals surface area contributed by atoms with Crippen LogP contribution in [0, 0.1) is 0 Å². The van der Waals surface area contributed by atoms with Gasteiger partial charge in [0.05, 0.1) is 11.9 Å². The molecular formula is C21H22N2O2. The van der Waals surface area contributed by atoms with E-state index in [1.54, 1.807) is 12.1 Å². The van der Waals surface area contributed by atoms with Crippen LogP contribution in [0.1, 0.15) is 41.4 Å². The molecule has 1 aromatic heterocycles. The van der Waals surface area contributed by atoms with Crippen molar-refractivity contribution < 1.29 is 9.90 Å². The lowest BCUT2D eigenvalue weighted by Gasteiger charge is -2.09. The minimum atomic E-state index is -0.903. The average molecular weight is 334 g/mol. The summed E-state index contributed by atoms with van der Waals surface area (Å²) in [7, 11) is 0. The summed E-state index contributed by atoms with van der Waals surface area (Å²) in [4.78, 5) is 15.7. The second-order valence-electron chi connectivity index (χ2n) is 6.16. The number of hydrogen-bond donors (Lipinski definition) is 1. The van der Waals surface area contributed by atoms with Crippen LogP contribution in [0.25, 0.3) is 11.1 Å². The summed E-state index contributed by atoms with van der Waals surface area (Å²) in [5.41, 5.74) is 4.38. The lowest BCUT2D eigenvalue weighted by atomic mass is 9.98. The van der Waals surface area contributed by atoms with Crippen molar-refractivity contribution >= 4 is 5.97 Å². The van der Waals surface area contributed by atoms with E-state index >= 15 is 0 Å². The summed E-state index contributed by atoms with van der Waals surface area (Å²) >= 11 is 0. The molecule has 0 bridgehead atoms. The molecule has 0 aliphatic heterocycles. The molecule has 25 heavy (non-hydrogen) atoms. The van der Waals surface area contributed by atoms with Crippen LogP contribution in [-0.2, 0) is 13.0 Å². The highest BCUT2D eigenvalue weighted by Crippen LogP contribution is 2.24. The van der Waals surface area contributed by atoms with Gasteiger partial charge in [0.1, 0.15) is 0 Å². The first-order valence-corrected chi connectivity index (χ1v) is 8.59. The van der Waals surface area contributed by atoms with Crippen molar-refractivity contribution in [1.29, 1.82) is 0 Å². The molecule has 0 unspecified atom stereocenters. The lowest BCUT2D eigenvalue weighted by molar-refractivity contribution is 0.0697. The Hall–Kier alpha value is -2.88. The number of carboxylic acid groups (broad SMARTS) is 1. The minimum Gasteiger partial charge on any atom is -0.478 e. The molecule has 4 heteroatoms. The molecule has 0 saturated heterocycles. The molecule has 1 N–H and O–H groups in total. The van der Waals surface area contributed by atoms with E-state index in [1.807, 2.05) is 36.8 Å². The van der Waals surface area contributed by atoms with E-state index in [-0.39, 0.29) is 0 Å². The molecule has 3 aromatic rings. The van der Waals surface area contributed by atoms with Crippen molar-refractivity contribution in [1.82, 2.24) is 9.55 Å². The van der Waals surface area contributed by atoms with Gasteiger partial charge in [-0.2, -0.15) is 0 Å². The van der Waals surface area contributed by atoms with Crippen molar-refractivity contribution in [3.05, 3.63) is 77.9 Å². The van der Waals surface area contributed by atoms with Crippen LogP contribution in [0.4, 0.5) is 0 Å². The molecule has 0 aliphatic rings. The number of carbonyl (C=O) groups is 1. The zero-order valence-corrected chi connectivity index (χ0v) is 14.4. The van der Waals surface area contributed by atoms with Gasteiger partial charge in [0, 0.05) is 24.9 Å². The average Bonchev–Trinajstić information content (AvgIpc) is 3.07. The van der Waals surface area contributed by atoms with E-state index < -0.39 is 5.97 Å². The Labute approximate surface area is 147 Å². The Kier molecular flexibility index (Phi) is 5.29. The van der Waals surface area contributed by atoms with Crippen molar-refractivity contribution in [2.45, 2.75) is 32.7 Å². The van der Waals surface area contributed by atoms with Crippen LogP contribution < -0.4 is 0 Å². The van der Waals surface area contributed by atoms with Gasteiger partial charge in [-0.3, -0.25) is 0 Å². The SMILES string of the molecule is CCCCn1cncc1Cc1ccc(-c2ccccc2C(=O)O)cc1. The molecule has 0 aliphatic carbocycles. The fourth-order valence-corrected chi connectivity index (χ4v) is 2.96. The number of aryl methyl sites for hydroxylation is 1. The standard InChI is InChI=1S/C21H22N2O2/c1-2-3-12-23-15-22-14-18(23)13-16-8-10-17(11-9-16)19-6-4-5-7-20(19)21(24)25/h4-11,14-15H,2-3,12-13H2,1H3,(H,24,25). The molecule has 0 atom stereocenters. The molecule has 1 heterocycles. The molecule has 0 saturated carbocycles. The summed E-state index contributed by atoms with van der Waals surface area (Å²) in [6, 6.07) is 15.2. The number of unbranched alkanes of at least 4 members (excludes halogenated alkanes) is 1. The van der Waals surface area contributed by atoms with Crippen molar-refractivity contribution in [3.63, 3.8) is 0 Å². The summed E-state index contributed by atoms with van der Waals surface area (Å²) < 4.78 is 2.21. The third kappa shape index (κ3) is 3.97. The number of nitrogens with zero attached hydrogens (tertiary/aromatic N) is 2. The minimum absolute atomic E-state index is 0.327. The summed E-state index contributed by atoms with van der Waals surface area (Å²) in [6.07, 6.45) is 6.94. The maximum absolute atomic E-state index is 11.4. The largest absolute Gasteiger partial charge is 0.478 e. The second-order valence-corrected chi connectivity index (χ2v) is 6.16. The van der Waals surface area contributed by atoms with Gasteiger partial charge in [0.15, 0.2) is 0 Å². The van der Waals surface area contributed by atoms with E-state index in [9.17, 15) is 9.90 Å². The molecule has 128 valence electrons. The van der Waals surface area contributed by atoms with Crippen molar-refractivity contribution in [2.75, 3.05) is 0 Å². The predicted octanol–water partition coefficient (Wildman–Crippen LogP) is 4.64. The lowest BCUT2D eigenvalue weighted by Crippen LogP contribution is -2.02. The second kappa shape index (κ2) is 7.79. The Morgan fingerprint density at radius 1 is 1.12 bits per heavy atom. The fourth-order valence-electron chi connectivity index (χ4n) is 2.96. The van der Waals surface area contributed by atoms with Crippen LogP contribution in [0.3, 0.4) is 0 Å². The number of benzene rings is 2. The van der Waals surface area contributed by atoms with Crippen molar-refractivity contribution in [2.24, 2.45) is 0 Å². The van der Waals surface area contributed by atoms with E-state index in [0.717, 1.165) is 36.9 Å². The number of aromatic nitrogens is 2. The number of aromatic carboxylic acids is 1. The first kappa shape index (κ1) is 17.0. The van der Waals surface area contributed by atoms with Gasteiger partial charge in [-0.1, -0.05) is 55.8 Å². The topological polar surface area (TPSA) is 55.1 Å².